The summed E-state index contributed by atoms with van der Waals surface area (Å²) < 4.78 is 20.9. The largest absolute Gasteiger partial charge is 0.464 e. The summed E-state index contributed by atoms with van der Waals surface area (Å²) in [5, 5.41) is 9.18. The van der Waals surface area contributed by atoms with Crippen LogP contribution < -0.4 is 10.6 Å². The highest BCUT2D eigenvalue weighted by atomic mass is 19.1. The number of benzene rings is 1. The number of hydrogen-bond donors (Lipinski definition) is 1. The van der Waals surface area contributed by atoms with Crippen LogP contribution in [0.25, 0.3) is 5.69 Å². The fourth-order valence-electron chi connectivity index (χ4n) is 3.33. The van der Waals surface area contributed by atoms with Crippen molar-refractivity contribution in [2.45, 2.75) is 25.7 Å². The van der Waals surface area contributed by atoms with Gasteiger partial charge in [0, 0.05) is 31.0 Å². The molecule has 1 fully saturated rings. The molecule has 2 aromatic rings. The Balaban J connectivity index is 2.02. The van der Waals surface area contributed by atoms with Crippen molar-refractivity contribution in [1.29, 1.82) is 5.26 Å². The van der Waals surface area contributed by atoms with Gasteiger partial charge in [0.2, 0.25) is 0 Å². The smallest absolute Gasteiger partial charge is 0.357 e. The summed E-state index contributed by atoms with van der Waals surface area (Å²) in [6.07, 6.45) is 5.85. The Bertz CT molecular complexity index is 861. The zero-order chi connectivity index (χ0) is 18.7. The summed E-state index contributed by atoms with van der Waals surface area (Å²) >= 11 is 0. The lowest BCUT2D eigenvalue weighted by Gasteiger charge is -2.23. The minimum atomic E-state index is -0.680. The number of carbonyl (C=O) groups excluding carboxylic acids is 1. The van der Waals surface area contributed by atoms with Crippen molar-refractivity contribution in [3.05, 3.63) is 41.5 Å². The van der Waals surface area contributed by atoms with Gasteiger partial charge in [-0.1, -0.05) is 12.8 Å². The number of anilines is 2. The maximum Gasteiger partial charge on any atom is 0.357 e. The van der Waals surface area contributed by atoms with E-state index in [0.29, 0.717) is 11.4 Å². The van der Waals surface area contributed by atoms with E-state index in [1.165, 1.54) is 23.9 Å². The molecule has 1 aromatic carbocycles. The Kier molecular flexibility index (Phi) is 5.12. The normalized spacial score (nSPS) is 14.6. The van der Waals surface area contributed by atoms with Gasteiger partial charge in [0.25, 0.3) is 0 Å². The van der Waals surface area contributed by atoms with Crippen LogP contribution in [0.4, 0.5) is 15.8 Å². The van der Waals surface area contributed by atoms with Gasteiger partial charge in [-0.2, -0.15) is 5.26 Å². The molecule has 0 aliphatic carbocycles. The molecule has 2 heterocycles. The number of aromatic nitrogens is 1. The lowest BCUT2D eigenvalue weighted by atomic mass is 10.2. The van der Waals surface area contributed by atoms with E-state index >= 15 is 0 Å². The number of nitrogens with two attached hydrogens (primary N) is 1. The highest BCUT2D eigenvalue weighted by Crippen LogP contribution is 2.29. The molecular weight excluding hydrogens is 335 g/mol. The number of nitriles is 1. The molecule has 7 heteroatoms. The van der Waals surface area contributed by atoms with E-state index in [9.17, 15) is 14.4 Å². The van der Waals surface area contributed by atoms with E-state index in [1.54, 1.807) is 12.1 Å². The van der Waals surface area contributed by atoms with Gasteiger partial charge in [-0.15, -0.1) is 0 Å². The molecule has 0 saturated carbocycles. The topological polar surface area (TPSA) is 84.3 Å². The fraction of sp³-hybridized carbons (Fsp3) is 0.368. The molecule has 1 aliphatic rings. The van der Waals surface area contributed by atoms with Gasteiger partial charge in [-0.3, -0.25) is 0 Å². The third-order valence-corrected chi connectivity index (χ3v) is 4.70. The third-order valence-electron chi connectivity index (χ3n) is 4.70. The van der Waals surface area contributed by atoms with Crippen molar-refractivity contribution in [3.8, 4) is 11.8 Å². The molecule has 1 aliphatic heterocycles. The average molecular weight is 356 g/mol. The lowest BCUT2D eigenvalue weighted by molar-refractivity contribution is 0.0593. The van der Waals surface area contributed by atoms with E-state index in [4.69, 9.17) is 10.5 Å². The summed E-state index contributed by atoms with van der Waals surface area (Å²) in [5.41, 5.74) is 7.03. The van der Waals surface area contributed by atoms with Gasteiger partial charge >= 0.3 is 5.97 Å². The maximum absolute atomic E-state index is 14.8. The second kappa shape index (κ2) is 7.48. The van der Waals surface area contributed by atoms with Crippen LogP contribution in [-0.2, 0) is 4.74 Å². The number of methoxy groups -OCH3 is 1. The number of rotatable bonds is 3. The van der Waals surface area contributed by atoms with Crippen LogP contribution in [-0.4, -0.2) is 30.7 Å². The summed E-state index contributed by atoms with van der Waals surface area (Å²) in [6.45, 7) is 1.66. The Labute approximate surface area is 151 Å². The minimum Gasteiger partial charge on any atom is -0.464 e. The van der Waals surface area contributed by atoms with E-state index < -0.39 is 5.97 Å². The second-order valence-corrected chi connectivity index (χ2v) is 6.32. The Hall–Kier alpha value is -3.01. The molecule has 0 bridgehead atoms. The summed E-state index contributed by atoms with van der Waals surface area (Å²) in [6, 6.07) is 6.71. The van der Waals surface area contributed by atoms with Crippen molar-refractivity contribution in [2.24, 2.45) is 0 Å². The van der Waals surface area contributed by atoms with E-state index in [1.807, 2.05) is 6.07 Å². The molecule has 2 N–H and O–H groups in total. The molecule has 0 unspecified atom stereocenters. The van der Waals surface area contributed by atoms with Crippen molar-refractivity contribution in [1.82, 2.24) is 4.57 Å². The first-order valence-electron chi connectivity index (χ1n) is 8.61. The van der Waals surface area contributed by atoms with Crippen LogP contribution in [0.3, 0.4) is 0 Å². The van der Waals surface area contributed by atoms with E-state index in [0.717, 1.165) is 38.8 Å². The van der Waals surface area contributed by atoms with Gasteiger partial charge in [0.05, 0.1) is 24.0 Å². The van der Waals surface area contributed by atoms with Crippen molar-refractivity contribution >= 4 is 17.3 Å². The number of nitrogen functional groups attached to an aromatic ring is 1. The van der Waals surface area contributed by atoms with Crippen molar-refractivity contribution in [3.63, 3.8) is 0 Å². The molecule has 0 amide bonds. The van der Waals surface area contributed by atoms with Crippen LogP contribution in [0, 0.1) is 17.1 Å². The number of nitrogens with zero attached hydrogens (tertiary/aromatic N) is 3. The van der Waals surface area contributed by atoms with Crippen molar-refractivity contribution < 1.29 is 13.9 Å². The first-order valence-corrected chi connectivity index (χ1v) is 8.61. The fourth-order valence-corrected chi connectivity index (χ4v) is 3.33. The summed E-state index contributed by atoms with van der Waals surface area (Å²) in [5.74, 6) is -1.05. The minimum absolute atomic E-state index is 0.0194. The number of hydrogen-bond acceptors (Lipinski definition) is 5. The van der Waals surface area contributed by atoms with Crippen molar-refractivity contribution in [2.75, 3.05) is 30.8 Å². The average Bonchev–Trinajstić information content (AvgIpc) is 2.81. The van der Waals surface area contributed by atoms with Crippen LogP contribution in [0.5, 0.6) is 0 Å². The van der Waals surface area contributed by atoms with Gasteiger partial charge < -0.3 is 19.9 Å². The Morgan fingerprint density at radius 2 is 1.96 bits per heavy atom. The molecule has 136 valence electrons. The highest BCUT2D eigenvalue weighted by molar-refractivity contribution is 5.96. The predicted molar refractivity (Wildman–Crippen MR) is 96.9 cm³/mol. The quantitative estimate of drug-likeness (QED) is 0.854. The number of halogens is 1. The molecule has 0 radical (unpaired) electrons. The van der Waals surface area contributed by atoms with E-state index in [-0.39, 0.29) is 22.8 Å². The molecule has 3 rings (SSSR count). The second-order valence-electron chi connectivity index (χ2n) is 6.32. The van der Waals surface area contributed by atoms with Crippen LogP contribution >= 0.6 is 0 Å². The SMILES string of the molecule is COC(=O)c1c(N)c(C#N)cn1-c1ccc(N2CCCCCC2)c(F)c1. The third kappa shape index (κ3) is 3.23. The zero-order valence-electron chi connectivity index (χ0n) is 14.7. The predicted octanol–water partition coefficient (Wildman–Crippen LogP) is 3.24. The number of ether oxygens (including phenoxy) is 1. The first-order chi connectivity index (χ1) is 12.6. The Morgan fingerprint density at radius 3 is 2.54 bits per heavy atom. The summed E-state index contributed by atoms with van der Waals surface area (Å²) in [7, 11) is 1.23. The van der Waals surface area contributed by atoms with Gasteiger partial charge in [-0.25, -0.2) is 9.18 Å². The number of carbonyl (C=O) groups is 1. The van der Waals surface area contributed by atoms with Gasteiger partial charge in [-0.05, 0) is 25.0 Å². The van der Waals surface area contributed by atoms with Crippen LogP contribution in [0.2, 0.25) is 0 Å². The van der Waals surface area contributed by atoms with Crippen LogP contribution in [0.1, 0.15) is 41.7 Å². The summed E-state index contributed by atoms with van der Waals surface area (Å²) in [4.78, 5) is 14.1. The molecule has 26 heavy (non-hydrogen) atoms. The standard InChI is InChI=1S/C19H21FN4O2/c1-26-19(25)18-17(22)13(11-21)12-24(18)14-6-7-16(15(20)10-14)23-8-4-2-3-5-9-23/h6-7,10,12H,2-5,8-9,22H2,1H3. The van der Waals surface area contributed by atoms with Gasteiger partial charge in [0.15, 0.2) is 5.69 Å². The molecule has 1 aromatic heterocycles. The first kappa shape index (κ1) is 17.8. The Morgan fingerprint density at radius 1 is 1.27 bits per heavy atom. The highest BCUT2D eigenvalue weighted by Gasteiger charge is 2.22. The maximum atomic E-state index is 14.8. The van der Waals surface area contributed by atoms with E-state index in [2.05, 4.69) is 4.90 Å². The molecule has 0 spiro atoms. The van der Waals surface area contributed by atoms with Gasteiger partial charge in [0.1, 0.15) is 11.9 Å². The molecular formula is C19H21FN4O2. The van der Waals surface area contributed by atoms with Crippen LogP contribution in [0.15, 0.2) is 24.4 Å². The zero-order valence-corrected chi connectivity index (χ0v) is 14.7. The monoisotopic (exact) mass is 356 g/mol. The number of esters is 1. The molecule has 6 nitrogen and oxygen atoms in total. The molecule has 1 saturated heterocycles. The molecule has 0 atom stereocenters. The lowest BCUT2D eigenvalue weighted by Crippen LogP contribution is -2.25.